The van der Waals surface area contributed by atoms with Crippen molar-refractivity contribution >= 4 is 23.3 Å². The molecule has 0 atom stereocenters. The zero-order valence-electron chi connectivity index (χ0n) is 13.8. The maximum atomic E-state index is 12.2. The second kappa shape index (κ2) is 7.79. The third kappa shape index (κ3) is 4.69. The van der Waals surface area contributed by atoms with Crippen molar-refractivity contribution in [2.75, 3.05) is 10.6 Å². The van der Waals surface area contributed by atoms with E-state index >= 15 is 0 Å². The van der Waals surface area contributed by atoms with Gasteiger partial charge in [-0.15, -0.1) is 0 Å². The van der Waals surface area contributed by atoms with E-state index in [4.69, 9.17) is 5.11 Å². The molecule has 0 fully saturated rings. The number of carbonyl (C=O) groups excluding carboxylic acids is 1. The summed E-state index contributed by atoms with van der Waals surface area (Å²) in [7, 11) is 0. The molecular weight excluding hydrogens is 318 g/mol. The highest BCUT2D eigenvalue weighted by molar-refractivity contribution is 6.07. The van der Waals surface area contributed by atoms with Gasteiger partial charge >= 0.3 is 5.97 Å². The molecule has 2 aromatic carbocycles. The van der Waals surface area contributed by atoms with Gasteiger partial charge in [-0.2, -0.15) is 5.26 Å². The molecular formula is C19H17N3O3. The quantitative estimate of drug-likeness (QED) is 0.573. The number of aryl methyl sites for hydroxylation is 2. The third-order valence-electron chi connectivity index (χ3n) is 3.51. The molecule has 2 aromatic rings. The van der Waals surface area contributed by atoms with Crippen LogP contribution < -0.4 is 10.6 Å². The second-order valence-electron chi connectivity index (χ2n) is 5.47. The van der Waals surface area contributed by atoms with Crippen LogP contribution in [0.25, 0.3) is 0 Å². The van der Waals surface area contributed by atoms with Crippen molar-refractivity contribution in [3.63, 3.8) is 0 Å². The Morgan fingerprint density at radius 3 is 2.36 bits per heavy atom. The van der Waals surface area contributed by atoms with Gasteiger partial charge in [0.15, 0.2) is 0 Å². The molecule has 2 rings (SSSR count). The average molecular weight is 335 g/mol. The summed E-state index contributed by atoms with van der Waals surface area (Å²) in [5.74, 6) is -1.54. The summed E-state index contributed by atoms with van der Waals surface area (Å²) >= 11 is 0. The van der Waals surface area contributed by atoms with E-state index in [9.17, 15) is 14.9 Å². The van der Waals surface area contributed by atoms with E-state index in [2.05, 4.69) is 10.6 Å². The number of rotatable bonds is 5. The van der Waals surface area contributed by atoms with Crippen molar-refractivity contribution in [1.82, 2.24) is 0 Å². The van der Waals surface area contributed by atoms with E-state index in [0.717, 1.165) is 11.1 Å². The molecule has 0 heterocycles. The van der Waals surface area contributed by atoms with Gasteiger partial charge in [0.05, 0.1) is 5.56 Å². The summed E-state index contributed by atoms with van der Waals surface area (Å²) in [6, 6.07) is 13.4. The third-order valence-corrected chi connectivity index (χ3v) is 3.51. The molecule has 0 radical (unpaired) electrons. The number of carboxylic acids is 1. The maximum Gasteiger partial charge on any atom is 0.335 e. The number of nitriles is 1. The molecule has 0 aliphatic heterocycles. The van der Waals surface area contributed by atoms with E-state index in [0.29, 0.717) is 11.4 Å². The van der Waals surface area contributed by atoms with Gasteiger partial charge in [-0.25, -0.2) is 4.79 Å². The predicted octanol–water partition coefficient (Wildman–Crippen LogP) is 3.46. The van der Waals surface area contributed by atoms with Gasteiger partial charge in [-0.1, -0.05) is 17.7 Å². The molecule has 25 heavy (non-hydrogen) atoms. The SMILES string of the molecule is Cc1ccc(NC(=O)/C(C#N)=C\Nc2ccc(C(=O)O)cc2)c(C)c1. The van der Waals surface area contributed by atoms with Crippen LogP contribution in [0, 0.1) is 25.2 Å². The summed E-state index contributed by atoms with van der Waals surface area (Å²) in [4.78, 5) is 23.0. The number of benzene rings is 2. The van der Waals surface area contributed by atoms with Crippen molar-refractivity contribution in [3.05, 3.63) is 70.9 Å². The Morgan fingerprint density at radius 1 is 1.12 bits per heavy atom. The summed E-state index contributed by atoms with van der Waals surface area (Å²) in [5, 5.41) is 23.6. The number of aromatic carboxylic acids is 1. The topological polar surface area (TPSA) is 102 Å². The van der Waals surface area contributed by atoms with Gasteiger partial charge < -0.3 is 15.7 Å². The van der Waals surface area contributed by atoms with Gasteiger partial charge in [-0.05, 0) is 49.7 Å². The van der Waals surface area contributed by atoms with E-state index in [1.54, 1.807) is 18.2 Å². The van der Waals surface area contributed by atoms with Crippen LogP contribution in [0.15, 0.2) is 54.2 Å². The Labute approximate surface area is 145 Å². The lowest BCUT2D eigenvalue weighted by Gasteiger charge is -2.09. The molecule has 0 unspecified atom stereocenters. The number of nitrogens with one attached hydrogen (secondary N) is 2. The summed E-state index contributed by atoms with van der Waals surface area (Å²) in [6.45, 7) is 3.83. The largest absolute Gasteiger partial charge is 0.478 e. The van der Waals surface area contributed by atoms with Crippen LogP contribution in [0.4, 0.5) is 11.4 Å². The fourth-order valence-electron chi connectivity index (χ4n) is 2.16. The number of anilines is 2. The fourth-order valence-corrected chi connectivity index (χ4v) is 2.16. The minimum Gasteiger partial charge on any atom is -0.478 e. The minimum absolute atomic E-state index is 0.0951. The van der Waals surface area contributed by atoms with Crippen molar-refractivity contribution in [1.29, 1.82) is 5.26 Å². The Balaban J connectivity index is 2.09. The minimum atomic E-state index is -1.02. The van der Waals surface area contributed by atoms with Crippen LogP contribution >= 0.6 is 0 Å². The van der Waals surface area contributed by atoms with E-state index in [1.165, 1.54) is 18.3 Å². The molecule has 6 heteroatoms. The van der Waals surface area contributed by atoms with Gasteiger partial charge in [0.2, 0.25) is 0 Å². The first-order valence-corrected chi connectivity index (χ1v) is 7.49. The lowest BCUT2D eigenvalue weighted by Crippen LogP contribution is -2.15. The highest BCUT2D eigenvalue weighted by Gasteiger charge is 2.11. The van der Waals surface area contributed by atoms with Gasteiger partial charge in [0.1, 0.15) is 11.6 Å². The first-order chi connectivity index (χ1) is 11.9. The first-order valence-electron chi connectivity index (χ1n) is 7.49. The van der Waals surface area contributed by atoms with Crippen LogP contribution in [-0.2, 0) is 4.79 Å². The molecule has 0 aliphatic rings. The Bertz CT molecular complexity index is 878. The molecule has 126 valence electrons. The number of hydrogen-bond acceptors (Lipinski definition) is 4. The smallest absolute Gasteiger partial charge is 0.335 e. The monoisotopic (exact) mass is 335 g/mol. The average Bonchev–Trinajstić information content (AvgIpc) is 2.58. The van der Waals surface area contributed by atoms with Gasteiger partial charge in [0, 0.05) is 17.6 Å². The summed E-state index contributed by atoms with van der Waals surface area (Å²) in [6.07, 6.45) is 1.29. The standard InChI is InChI=1S/C19H17N3O3/c1-12-3-8-17(13(2)9-12)22-18(23)15(10-20)11-21-16-6-4-14(5-7-16)19(24)25/h3-9,11,21H,1-2H3,(H,22,23)(H,24,25)/b15-11-. The number of nitrogens with zero attached hydrogens (tertiary/aromatic N) is 1. The first kappa shape index (κ1) is 17.8. The van der Waals surface area contributed by atoms with Gasteiger partial charge in [-0.3, -0.25) is 4.79 Å². The lowest BCUT2D eigenvalue weighted by molar-refractivity contribution is -0.112. The van der Waals surface area contributed by atoms with E-state index in [-0.39, 0.29) is 11.1 Å². The van der Waals surface area contributed by atoms with E-state index in [1.807, 2.05) is 32.0 Å². The zero-order chi connectivity index (χ0) is 18.4. The zero-order valence-corrected chi connectivity index (χ0v) is 13.8. The van der Waals surface area contributed by atoms with Crippen molar-refractivity contribution in [3.8, 4) is 6.07 Å². The van der Waals surface area contributed by atoms with Crippen molar-refractivity contribution in [2.45, 2.75) is 13.8 Å². The number of amides is 1. The predicted molar refractivity (Wildman–Crippen MR) is 95.3 cm³/mol. The molecule has 0 aliphatic carbocycles. The van der Waals surface area contributed by atoms with Crippen LogP contribution in [-0.4, -0.2) is 17.0 Å². The number of hydrogen-bond donors (Lipinski definition) is 3. The Hall–Kier alpha value is -3.59. The maximum absolute atomic E-state index is 12.2. The highest BCUT2D eigenvalue weighted by Crippen LogP contribution is 2.17. The molecule has 0 saturated heterocycles. The summed E-state index contributed by atoms with van der Waals surface area (Å²) in [5.41, 5.74) is 3.26. The van der Waals surface area contributed by atoms with Crippen LogP contribution in [0.5, 0.6) is 0 Å². The van der Waals surface area contributed by atoms with Crippen molar-refractivity contribution < 1.29 is 14.7 Å². The Morgan fingerprint density at radius 2 is 1.80 bits per heavy atom. The molecule has 0 saturated carbocycles. The Kier molecular flexibility index (Phi) is 5.54. The second-order valence-corrected chi connectivity index (χ2v) is 5.47. The van der Waals surface area contributed by atoms with E-state index < -0.39 is 11.9 Å². The van der Waals surface area contributed by atoms with Crippen LogP contribution in [0.3, 0.4) is 0 Å². The summed E-state index contributed by atoms with van der Waals surface area (Å²) < 4.78 is 0. The lowest BCUT2D eigenvalue weighted by atomic mass is 10.1. The highest BCUT2D eigenvalue weighted by atomic mass is 16.4. The fraction of sp³-hybridized carbons (Fsp3) is 0.105. The van der Waals surface area contributed by atoms with Crippen molar-refractivity contribution in [2.24, 2.45) is 0 Å². The van der Waals surface area contributed by atoms with Gasteiger partial charge in [0.25, 0.3) is 5.91 Å². The molecule has 0 spiro atoms. The molecule has 1 amide bonds. The molecule has 6 nitrogen and oxygen atoms in total. The normalized spacial score (nSPS) is 10.7. The molecule has 0 aromatic heterocycles. The molecule has 0 bridgehead atoms. The van der Waals surface area contributed by atoms with Crippen LogP contribution in [0.1, 0.15) is 21.5 Å². The van der Waals surface area contributed by atoms with Crippen LogP contribution in [0.2, 0.25) is 0 Å². The number of carbonyl (C=O) groups is 2. The molecule has 3 N–H and O–H groups in total. The number of carboxylic acid groups (broad SMARTS) is 1.